The molecule has 1 fully saturated rings. The first-order chi connectivity index (χ1) is 9.13. The van der Waals surface area contributed by atoms with Gasteiger partial charge >= 0.3 is 0 Å². The zero-order chi connectivity index (χ0) is 13.8. The van der Waals surface area contributed by atoms with E-state index < -0.39 is 4.92 Å². The maximum absolute atomic E-state index is 10.6. The van der Waals surface area contributed by atoms with Gasteiger partial charge < -0.3 is 5.11 Å². The van der Waals surface area contributed by atoms with Crippen molar-refractivity contribution in [2.24, 2.45) is 0 Å². The average Bonchev–Trinajstić information content (AvgIpc) is 2.93. The van der Waals surface area contributed by atoms with Crippen molar-refractivity contribution in [1.82, 2.24) is 0 Å². The van der Waals surface area contributed by atoms with Crippen LogP contribution in [0.4, 0.5) is 5.69 Å². The molecule has 1 aromatic carbocycles. The molecule has 1 N–H and O–H groups in total. The zero-order valence-electron chi connectivity index (χ0n) is 10.2. The molecule has 6 heteroatoms. The van der Waals surface area contributed by atoms with Gasteiger partial charge in [0.05, 0.1) is 4.92 Å². The molecule has 1 heterocycles. The molecular formula is C13H13N2O3S+. The molecule has 2 rings (SSSR count). The summed E-state index contributed by atoms with van der Waals surface area (Å²) in [6, 6.07) is 7.80. The number of rotatable bonds is 3. The molecule has 98 valence electrons. The third-order valence-corrected chi connectivity index (χ3v) is 5.55. The summed E-state index contributed by atoms with van der Waals surface area (Å²) >= 11 is 0. The average molecular weight is 277 g/mol. The van der Waals surface area contributed by atoms with Crippen molar-refractivity contribution in [3.05, 3.63) is 45.7 Å². The molecule has 0 amide bonds. The van der Waals surface area contributed by atoms with E-state index >= 15 is 0 Å². The maximum Gasteiger partial charge on any atom is 0.269 e. The summed E-state index contributed by atoms with van der Waals surface area (Å²) < 4.78 is 0. The Morgan fingerprint density at radius 2 is 1.89 bits per heavy atom. The number of non-ortho nitro benzene ring substituents is 1. The van der Waals surface area contributed by atoms with Gasteiger partial charge in [0.2, 0.25) is 4.91 Å². The summed E-state index contributed by atoms with van der Waals surface area (Å²) in [6.07, 6.45) is 2.19. The first-order valence-electron chi connectivity index (χ1n) is 5.89. The van der Waals surface area contributed by atoms with Crippen molar-refractivity contribution in [2.45, 2.75) is 12.8 Å². The minimum absolute atomic E-state index is 0.00861. The van der Waals surface area contributed by atoms with Gasteiger partial charge in [0, 0.05) is 28.6 Å². The van der Waals surface area contributed by atoms with Gasteiger partial charge in [-0.2, -0.15) is 5.26 Å². The van der Waals surface area contributed by atoms with Crippen LogP contribution in [0.1, 0.15) is 18.4 Å². The Labute approximate surface area is 113 Å². The minimum Gasteiger partial charge on any atom is -0.496 e. The molecule has 1 saturated heterocycles. The number of benzene rings is 1. The van der Waals surface area contributed by atoms with E-state index in [1.54, 1.807) is 18.2 Å². The van der Waals surface area contributed by atoms with Crippen molar-refractivity contribution < 1.29 is 10.0 Å². The predicted molar refractivity (Wildman–Crippen MR) is 74.6 cm³/mol. The van der Waals surface area contributed by atoms with Gasteiger partial charge in [0.15, 0.2) is 0 Å². The molecule has 0 spiro atoms. The molecule has 0 aromatic heterocycles. The molecule has 5 nitrogen and oxygen atoms in total. The number of nitrogens with zero attached hydrogens (tertiary/aromatic N) is 2. The second kappa shape index (κ2) is 5.76. The normalized spacial score (nSPS) is 16.8. The van der Waals surface area contributed by atoms with E-state index in [9.17, 15) is 15.2 Å². The molecule has 0 bridgehead atoms. The predicted octanol–water partition coefficient (Wildman–Crippen LogP) is 2.76. The Balaban J connectivity index is 2.39. The fourth-order valence-electron chi connectivity index (χ4n) is 2.08. The SMILES string of the molecule is N#C/C(O)=C(/c1ccc([N+](=O)[O-])cc1)[S+]1CCCC1. The van der Waals surface area contributed by atoms with Crippen LogP contribution < -0.4 is 0 Å². The highest BCUT2D eigenvalue weighted by molar-refractivity contribution is 8.05. The topological polar surface area (TPSA) is 87.2 Å². The molecule has 1 aromatic rings. The Bertz CT molecular complexity index is 554. The molecule has 19 heavy (non-hydrogen) atoms. The van der Waals surface area contributed by atoms with Gasteiger partial charge in [-0.25, -0.2) is 0 Å². The van der Waals surface area contributed by atoms with E-state index in [0.717, 1.165) is 24.3 Å². The molecule has 1 aliphatic rings. The summed E-state index contributed by atoms with van der Waals surface area (Å²) in [5.74, 6) is 1.68. The fourth-order valence-corrected chi connectivity index (χ4v) is 4.59. The first-order valence-corrected chi connectivity index (χ1v) is 7.45. The Morgan fingerprint density at radius 3 is 2.37 bits per heavy atom. The van der Waals surface area contributed by atoms with Gasteiger partial charge in [-0.1, -0.05) is 0 Å². The highest BCUT2D eigenvalue weighted by Gasteiger charge is 2.34. The smallest absolute Gasteiger partial charge is 0.269 e. The lowest BCUT2D eigenvalue weighted by molar-refractivity contribution is -0.384. The van der Waals surface area contributed by atoms with E-state index in [4.69, 9.17) is 5.26 Å². The number of hydrogen-bond acceptors (Lipinski definition) is 4. The maximum atomic E-state index is 10.6. The largest absolute Gasteiger partial charge is 0.496 e. The quantitative estimate of drug-likeness (QED) is 0.230. The van der Waals surface area contributed by atoms with E-state index in [2.05, 4.69) is 0 Å². The lowest BCUT2D eigenvalue weighted by atomic mass is 10.2. The summed E-state index contributed by atoms with van der Waals surface area (Å²) in [4.78, 5) is 10.8. The van der Waals surface area contributed by atoms with Gasteiger partial charge in [-0.3, -0.25) is 10.1 Å². The number of allylic oxidation sites excluding steroid dienone is 1. The monoisotopic (exact) mass is 277 g/mol. The van der Waals surface area contributed by atoms with Crippen LogP contribution in [-0.4, -0.2) is 21.5 Å². The molecule has 1 aliphatic heterocycles. The Kier molecular flexibility index (Phi) is 4.07. The van der Waals surface area contributed by atoms with Crippen molar-refractivity contribution in [1.29, 1.82) is 5.26 Å². The molecule has 0 radical (unpaired) electrons. The van der Waals surface area contributed by atoms with E-state index in [0.29, 0.717) is 10.5 Å². The van der Waals surface area contributed by atoms with Crippen LogP contribution in [0.2, 0.25) is 0 Å². The van der Waals surface area contributed by atoms with Crippen LogP contribution in [0.25, 0.3) is 4.91 Å². The highest BCUT2D eigenvalue weighted by atomic mass is 32.2. The summed E-state index contributed by atoms with van der Waals surface area (Å²) in [5.41, 5.74) is 0.712. The van der Waals surface area contributed by atoms with Gasteiger partial charge in [-0.05, 0) is 25.0 Å². The number of aliphatic hydroxyl groups is 1. The van der Waals surface area contributed by atoms with Gasteiger partial charge in [0.1, 0.15) is 17.6 Å². The van der Waals surface area contributed by atoms with E-state index in [1.807, 2.05) is 0 Å². The van der Waals surface area contributed by atoms with Crippen LogP contribution in [0, 0.1) is 21.4 Å². The number of nitriles is 1. The van der Waals surface area contributed by atoms with Gasteiger partial charge in [0.25, 0.3) is 11.4 Å². The second-order valence-corrected chi connectivity index (χ2v) is 6.41. The van der Waals surface area contributed by atoms with Crippen molar-refractivity contribution in [3.8, 4) is 6.07 Å². The van der Waals surface area contributed by atoms with Crippen molar-refractivity contribution >= 4 is 21.5 Å². The highest BCUT2D eigenvalue weighted by Crippen LogP contribution is 2.32. The molecular weight excluding hydrogens is 264 g/mol. The van der Waals surface area contributed by atoms with E-state index in [-0.39, 0.29) is 22.3 Å². The summed E-state index contributed by atoms with van der Waals surface area (Å²) in [7, 11) is -0.126. The standard InChI is InChI=1S/C13H12N2O3S/c14-9-12(16)13(19-7-1-2-8-19)10-3-5-11(6-4-10)15(17)18/h3-6H,1-2,7-8H2/p+1/b13-12+. The summed E-state index contributed by atoms with van der Waals surface area (Å²) in [6.45, 7) is 0. The van der Waals surface area contributed by atoms with Crippen LogP contribution in [0.3, 0.4) is 0 Å². The Morgan fingerprint density at radius 1 is 1.32 bits per heavy atom. The lowest BCUT2D eigenvalue weighted by Crippen LogP contribution is -2.08. The fraction of sp³-hybridized carbons (Fsp3) is 0.308. The lowest BCUT2D eigenvalue weighted by Gasteiger charge is -2.06. The minimum atomic E-state index is -0.463. The zero-order valence-corrected chi connectivity index (χ0v) is 11.0. The van der Waals surface area contributed by atoms with Crippen LogP contribution >= 0.6 is 0 Å². The first kappa shape index (κ1) is 13.4. The number of aliphatic hydroxyl groups excluding tert-OH is 1. The third-order valence-electron chi connectivity index (χ3n) is 2.98. The molecule has 0 atom stereocenters. The number of hydrogen-bond donors (Lipinski definition) is 1. The molecule has 0 saturated carbocycles. The third kappa shape index (κ3) is 2.88. The van der Waals surface area contributed by atoms with Crippen LogP contribution in [0.5, 0.6) is 0 Å². The molecule has 0 unspecified atom stereocenters. The number of nitro benzene ring substituents is 1. The van der Waals surface area contributed by atoms with Crippen molar-refractivity contribution in [2.75, 3.05) is 11.5 Å². The molecule has 0 aliphatic carbocycles. The Hall–Kier alpha value is -2.00. The second-order valence-electron chi connectivity index (χ2n) is 4.20. The van der Waals surface area contributed by atoms with Crippen LogP contribution in [-0.2, 0) is 10.9 Å². The number of nitro groups is 1. The van der Waals surface area contributed by atoms with Gasteiger partial charge in [-0.15, -0.1) is 0 Å². The van der Waals surface area contributed by atoms with Crippen LogP contribution in [0.15, 0.2) is 30.0 Å². The van der Waals surface area contributed by atoms with E-state index in [1.165, 1.54) is 12.1 Å². The summed E-state index contributed by atoms with van der Waals surface area (Å²) in [5, 5.41) is 29.3. The van der Waals surface area contributed by atoms with Crippen molar-refractivity contribution in [3.63, 3.8) is 0 Å².